The Hall–Kier alpha value is -1.33. The molecule has 1 aromatic heterocycles. The molecule has 98 valence electrons. The van der Waals surface area contributed by atoms with E-state index in [-0.39, 0.29) is 5.84 Å². The summed E-state index contributed by atoms with van der Waals surface area (Å²) in [5, 5.41) is 9.67. The molecule has 5 heteroatoms. The molecule has 2 heterocycles. The Labute approximate surface area is 124 Å². The highest BCUT2D eigenvalue weighted by Gasteiger charge is 2.18. The summed E-state index contributed by atoms with van der Waals surface area (Å²) in [5.74, 6) is 0.0946. The number of nitrogens with zero attached hydrogens (tertiary/aromatic N) is 1. The standard InChI is InChI=1S/C14H14BrN3S/c15-12-7-10(1-2-11(12)14(16)17)18-5-3-13-9(8-18)4-6-19-13/h1-2,4,6-7H,3,5,8H2,(H3,16,17). The number of benzene rings is 1. The fourth-order valence-electron chi connectivity index (χ4n) is 2.39. The minimum atomic E-state index is 0.0946. The van der Waals surface area contributed by atoms with Crippen LogP contribution in [0, 0.1) is 5.41 Å². The van der Waals surface area contributed by atoms with Crippen molar-refractivity contribution in [2.75, 3.05) is 11.4 Å². The maximum Gasteiger partial charge on any atom is 0.123 e. The molecule has 1 aromatic carbocycles. The first-order valence-electron chi connectivity index (χ1n) is 6.09. The van der Waals surface area contributed by atoms with Gasteiger partial charge in [-0.25, -0.2) is 0 Å². The molecule has 1 aliphatic heterocycles. The van der Waals surface area contributed by atoms with Crippen molar-refractivity contribution in [3.63, 3.8) is 0 Å². The number of hydrogen-bond acceptors (Lipinski definition) is 3. The molecule has 0 bridgehead atoms. The second-order valence-electron chi connectivity index (χ2n) is 4.62. The highest BCUT2D eigenvalue weighted by atomic mass is 79.9. The maximum absolute atomic E-state index is 7.50. The largest absolute Gasteiger partial charge is 0.384 e. The van der Waals surface area contributed by atoms with Gasteiger partial charge in [0.2, 0.25) is 0 Å². The smallest absolute Gasteiger partial charge is 0.123 e. The molecule has 0 aliphatic carbocycles. The Bertz CT molecular complexity index is 635. The van der Waals surface area contributed by atoms with Crippen LogP contribution >= 0.6 is 27.3 Å². The van der Waals surface area contributed by atoms with Crippen LogP contribution < -0.4 is 10.6 Å². The molecule has 3 N–H and O–H groups in total. The van der Waals surface area contributed by atoms with Gasteiger partial charge in [-0.05, 0) is 57.6 Å². The number of halogens is 1. The van der Waals surface area contributed by atoms with Crippen molar-refractivity contribution in [3.8, 4) is 0 Å². The SMILES string of the molecule is N=C(N)c1ccc(N2CCc3sccc3C2)cc1Br. The molecule has 0 saturated heterocycles. The van der Waals surface area contributed by atoms with Crippen LogP contribution in [0.2, 0.25) is 0 Å². The van der Waals surface area contributed by atoms with Gasteiger partial charge in [-0.1, -0.05) is 0 Å². The Morgan fingerprint density at radius 2 is 2.21 bits per heavy atom. The number of nitrogens with one attached hydrogen (secondary N) is 1. The second kappa shape index (κ2) is 4.98. The van der Waals surface area contributed by atoms with Gasteiger partial charge in [-0.15, -0.1) is 11.3 Å². The summed E-state index contributed by atoms with van der Waals surface area (Å²) in [4.78, 5) is 3.87. The summed E-state index contributed by atoms with van der Waals surface area (Å²) in [6.07, 6.45) is 1.11. The van der Waals surface area contributed by atoms with E-state index in [1.165, 1.54) is 16.1 Å². The predicted molar refractivity (Wildman–Crippen MR) is 84.2 cm³/mol. The lowest BCUT2D eigenvalue weighted by molar-refractivity contribution is 0.743. The molecule has 0 atom stereocenters. The molecule has 0 amide bonds. The van der Waals surface area contributed by atoms with Gasteiger partial charge in [0, 0.05) is 33.7 Å². The van der Waals surface area contributed by atoms with Gasteiger partial charge < -0.3 is 10.6 Å². The first kappa shape index (κ1) is 12.7. The quantitative estimate of drug-likeness (QED) is 0.653. The minimum absolute atomic E-state index is 0.0946. The number of nitrogen functional groups attached to an aromatic ring is 1. The van der Waals surface area contributed by atoms with Crippen molar-refractivity contribution in [1.82, 2.24) is 0 Å². The van der Waals surface area contributed by atoms with Crippen molar-refractivity contribution in [3.05, 3.63) is 50.1 Å². The second-order valence-corrected chi connectivity index (χ2v) is 6.47. The third-order valence-corrected chi connectivity index (χ3v) is 5.09. The van der Waals surface area contributed by atoms with E-state index >= 15 is 0 Å². The molecule has 0 radical (unpaired) electrons. The summed E-state index contributed by atoms with van der Waals surface area (Å²) in [6, 6.07) is 8.21. The molecular weight excluding hydrogens is 322 g/mol. The zero-order chi connectivity index (χ0) is 13.4. The average Bonchev–Trinajstić information content (AvgIpc) is 2.85. The fraction of sp³-hybridized carbons (Fsp3) is 0.214. The highest BCUT2D eigenvalue weighted by Crippen LogP contribution is 2.30. The lowest BCUT2D eigenvalue weighted by Gasteiger charge is -2.29. The van der Waals surface area contributed by atoms with E-state index in [9.17, 15) is 0 Å². The number of anilines is 1. The van der Waals surface area contributed by atoms with Gasteiger partial charge in [0.25, 0.3) is 0 Å². The van der Waals surface area contributed by atoms with Gasteiger partial charge in [0.1, 0.15) is 5.84 Å². The number of fused-ring (bicyclic) bond motifs is 1. The van der Waals surface area contributed by atoms with Gasteiger partial charge in [0.05, 0.1) is 0 Å². The monoisotopic (exact) mass is 335 g/mol. The van der Waals surface area contributed by atoms with Crippen molar-refractivity contribution < 1.29 is 0 Å². The lowest BCUT2D eigenvalue weighted by Crippen LogP contribution is -2.29. The number of amidine groups is 1. The summed E-state index contributed by atoms with van der Waals surface area (Å²) >= 11 is 5.34. The van der Waals surface area contributed by atoms with E-state index in [2.05, 4.69) is 32.3 Å². The third-order valence-electron chi connectivity index (χ3n) is 3.42. The zero-order valence-corrected chi connectivity index (χ0v) is 12.7. The van der Waals surface area contributed by atoms with Gasteiger partial charge >= 0.3 is 0 Å². The van der Waals surface area contributed by atoms with Crippen LogP contribution in [0.15, 0.2) is 34.1 Å². The van der Waals surface area contributed by atoms with Gasteiger partial charge in [0.15, 0.2) is 0 Å². The van der Waals surface area contributed by atoms with Crippen molar-refractivity contribution in [2.45, 2.75) is 13.0 Å². The molecule has 3 rings (SSSR count). The van der Waals surface area contributed by atoms with Crippen LogP contribution in [0.1, 0.15) is 16.0 Å². The third kappa shape index (κ3) is 2.40. The van der Waals surface area contributed by atoms with E-state index < -0.39 is 0 Å². The molecule has 0 saturated carbocycles. The topological polar surface area (TPSA) is 53.1 Å². The van der Waals surface area contributed by atoms with Gasteiger partial charge in [-0.3, -0.25) is 5.41 Å². The van der Waals surface area contributed by atoms with Crippen LogP contribution in [-0.4, -0.2) is 12.4 Å². The molecule has 3 nitrogen and oxygen atoms in total. The first-order chi connectivity index (χ1) is 9.15. The minimum Gasteiger partial charge on any atom is -0.384 e. The predicted octanol–water partition coefficient (Wildman–Crippen LogP) is 3.36. The molecular formula is C14H14BrN3S. The summed E-state index contributed by atoms with van der Waals surface area (Å²) in [5.41, 5.74) is 8.89. The first-order valence-corrected chi connectivity index (χ1v) is 7.76. The van der Waals surface area contributed by atoms with Crippen molar-refractivity contribution in [2.24, 2.45) is 5.73 Å². The zero-order valence-electron chi connectivity index (χ0n) is 10.3. The van der Waals surface area contributed by atoms with E-state index in [4.69, 9.17) is 11.1 Å². The van der Waals surface area contributed by atoms with Crippen LogP contribution in [0.3, 0.4) is 0 Å². The van der Waals surface area contributed by atoms with Crippen molar-refractivity contribution >= 4 is 38.8 Å². The Morgan fingerprint density at radius 3 is 2.95 bits per heavy atom. The molecule has 2 aromatic rings. The maximum atomic E-state index is 7.50. The molecule has 0 spiro atoms. The van der Waals surface area contributed by atoms with Gasteiger partial charge in [-0.2, -0.15) is 0 Å². The fourth-order valence-corrected chi connectivity index (χ4v) is 3.86. The van der Waals surface area contributed by atoms with Crippen LogP contribution in [0.4, 0.5) is 5.69 Å². The highest BCUT2D eigenvalue weighted by molar-refractivity contribution is 9.10. The Kier molecular flexibility index (Phi) is 3.33. The molecule has 19 heavy (non-hydrogen) atoms. The lowest BCUT2D eigenvalue weighted by atomic mass is 10.1. The van der Waals surface area contributed by atoms with E-state index in [1.54, 1.807) is 0 Å². The summed E-state index contributed by atoms with van der Waals surface area (Å²) in [6.45, 7) is 2.00. The number of thiophene rings is 1. The molecule has 0 fully saturated rings. The summed E-state index contributed by atoms with van der Waals surface area (Å²) in [7, 11) is 0. The van der Waals surface area contributed by atoms with Crippen molar-refractivity contribution in [1.29, 1.82) is 5.41 Å². The van der Waals surface area contributed by atoms with E-state index in [1.807, 2.05) is 29.5 Å². The Morgan fingerprint density at radius 1 is 1.37 bits per heavy atom. The van der Waals surface area contributed by atoms with Crippen LogP contribution in [-0.2, 0) is 13.0 Å². The van der Waals surface area contributed by atoms with Crippen LogP contribution in [0.25, 0.3) is 0 Å². The van der Waals surface area contributed by atoms with E-state index in [0.717, 1.165) is 29.5 Å². The van der Waals surface area contributed by atoms with Crippen LogP contribution in [0.5, 0.6) is 0 Å². The normalized spacial score (nSPS) is 14.3. The van der Waals surface area contributed by atoms with E-state index in [0.29, 0.717) is 0 Å². The number of nitrogens with two attached hydrogens (primary N) is 1. The number of hydrogen-bond donors (Lipinski definition) is 2. The molecule has 0 unspecified atom stereocenters. The average molecular weight is 336 g/mol. The molecule has 1 aliphatic rings. The number of rotatable bonds is 2. The Balaban J connectivity index is 1.88. The summed E-state index contributed by atoms with van der Waals surface area (Å²) < 4.78 is 0.883.